The SMILES string of the molecule is C=C/C=C(\C=C/C)c1cccc(N(c2ccccc2)c2ccc(C)cc2)c1.CCc1ccc([N+](=O)[O-])cc1. The molecule has 38 heavy (non-hydrogen) atoms. The fraction of sp³-hybridized carbons (Fsp3) is 0.118. The first kappa shape index (κ1) is 27.9. The van der Waals surface area contributed by atoms with Crippen LogP contribution in [0.25, 0.3) is 5.57 Å². The Hall–Kier alpha value is -4.70. The fourth-order valence-corrected chi connectivity index (χ4v) is 3.95. The van der Waals surface area contributed by atoms with Gasteiger partial charge in [-0.2, -0.15) is 0 Å². The Morgan fingerprint density at radius 2 is 1.50 bits per heavy atom. The first-order chi connectivity index (χ1) is 18.5. The van der Waals surface area contributed by atoms with Crippen molar-refractivity contribution in [2.45, 2.75) is 27.2 Å². The second-order valence-corrected chi connectivity index (χ2v) is 8.69. The predicted octanol–water partition coefficient (Wildman–Crippen LogP) is 9.77. The number of nitro groups is 1. The van der Waals surface area contributed by atoms with E-state index in [0.717, 1.165) is 34.6 Å². The summed E-state index contributed by atoms with van der Waals surface area (Å²) in [7, 11) is 0. The van der Waals surface area contributed by atoms with E-state index in [1.54, 1.807) is 12.1 Å². The first-order valence-electron chi connectivity index (χ1n) is 12.7. The molecule has 0 aromatic heterocycles. The summed E-state index contributed by atoms with van der Waals surface area (Å²) in [5, 5.41) is 10.2. The number of allylic oxidation sites excluding steroid dienone is 5. The number of benzene rings is 4. The molecule has 192 valence electrons. The van der Waals surface area contributed by atoms with Crippen LogP contribution in [0.4, 0.5) is 22.7 Å². The Bertz CT molecular complexity index is 1390. The van der Waals surface area contributed by atoms with Gasteiger partial charge in [0.15, 0.2) is 0 Å². The molecule has 0 saturated carbocycles. The second kappa shape index (κ2) is 14.1. The lowest BCUT2D eigenvalue weighted by molar-refractivity contribution is -0.384. The van der Waals surface area contributed by atoms with Gasteiger partial charge in [0.1, 0.15) is 0 Å². The zero-order valence-electron chi connectivity index (χ0n) is 22.2. The molecule has 4 rings (SSSR count). The average Bonchev–Trinajstić information content (AvgIpc) is 2.95. The molecule has 0 bridgehead atoms. The van der Waals surface area contributed by atoms with Crippen molar-refractivity contribution in [2.24, 2.45) is 0 Å². The van der Waals surface area contributed by atoms with Crippen molar-refractivity contribution in [1.82, 2.24) is 0 Å². The smallest absolute Gasteiger partial charge is 0.269 e. The topological polar surface area (TPSA) is 46.4 Å². The lowest BCUT2D eigenvalue weighted by atomic mass is 10.0. The third-order valence-corrected chi connectivity index (χ3v) is 5.94. The van der Waals surface area contributed by atoms with Crippen LogP contribution in [0.15, 0.2) is 134 Å². The molecule has 0 amide bonds. The zero-order chi connectivity index (χ0) is 27.3. The van der Waals surface area contributed by atoms with E-state index in [0.29, 0.717) is 0 Å². The summed E-state index contributed by atoms with van der Waals surface area (Å²) in [6.07, 6.45) is 8.95. The third kappa shape index (κ3) is 7.65. The van der Waals surface area contributed by atoms with E-state index < -0.39 is 0 Å². The molecule has 4 aromatic carbocycles. The van der Waals surface area contributed by atoms with E-state index >= 15 is 0 Å². The molecular weight excluding hydrogens is 468 g/mol. The lowest BCUT2D eigenvalue weighted by Gasteiger charge is -2.26. The molecule has 0 aliphatic heterocycles. The minimum absolute atomic E-state index is 0.155. The van der Waals surface area contributed by atoms with Gasteiger partial charge in [-0.3, -0.25) is 10.1 Å². The fourth-order valence-electron chi connectivity index (χ4n) is 3.95. The maximum absolute atomic E-state index is 10.2. The van der Waals surface area contributed by atoms with Crippen molar-refractivity contribution in [3.8, 4) is 0 Å². The highest BCUT2D eigenvalue weighted by atomic mass is 16.6. The van der Waals surface area contributed by atoms with Crippen LogP contribution in [0.1, 0.15) is 30.5 Å². The van der Waals surface area contributed by atoms with Gasteiger partial charge in [0.05, 0.1) is 4.92 Å². The Labute approximate surface area is 226 Å². The molecule has 0 saturated heterocycles. The van der Waals surface area contributed by atoms with Crippen molar-refractivity contribution in [2.75, 3.05) is 4.90 Å². The predicted molar refractivity (Wildman–Crippen MR) is 161 cm³/mol. The maximum Gasteiger partial charge on any atom is 0.269 e. The number of nitrogens with zero attached hydrogens (tertiary/aromatic N) is 2. The van der Waals surface area contributed by atoms with Gasteiger partial charge < -0.3 is 4.90 Å². The summed E-state index contributed by atoms with van der Waals surface area (Å²) in [4.78, 5) is 12.1. The van der Waals surface area contributed by atoms with E-state index in [9.17, 15) is 10.1 Å². The van der Waals surface area contributed by atoms with E-state index in [1.165, 1.54) is 23.3 Å². The Balaban J connectivity index is 0.000000304. The first-order valence-corrected chi connectivity index (χ1v) is 12.7. The van der Waals surface area contributed by atoms with E-state index in [2.05, 4.69) is 103 Å². The molecule has 0 aliphatic rings. The van der Waals surface area contributed by atoms with Gasteiger partial charge in [-0.1, -0.05) is 98.0 Å². The van der Waals surface area contributed by atoms with Crippen LogP contribution in [0.5, 0.6) is 0 Å². The molecule has 0 aliphatic carbocycles. The number of rotatable bonds is 8. The highest BCUT2D eigenvalue weighted by molar-refractivity contribution is 5.81. The Morgan fingerprint density at radius 3 is 2.08 bits per heavy atom. The number of nitro benzene ring substituents is 1. The van der Waals surface area contributed by atoms with Crippen LogP contribution < -0.4 is 4.90 Å². The molecule has 4 aromatic rings. The van der Waals surface area contributed by atoms with Crippen molar-refractivity contribution >= 4 is 28.3 Å². The van der Waals surface area contributed by atoms with E-state index in [-0.39, 0.29) is 10.6 Å². The minimum Gasteiger partial charge on any atom is -0.310 e. The monoisotopic (exact) mass is 502 g/mol. The summed E-state index contributed by atoms with van der Waals surface area (Å²) in [6.45, 7) is 10.0. The largest absolute Gasteiger partial charge is 0.310 e. The lowest BCUT2D eigenvalue weighted by Crippen LogP contribution is -2.10. The van der Waals surface area contributed by atoms with Gasteiger partial charge in [-0.15, -0.1) is 0 Å². The molecule has 0 heterocycles. The number of aryl methyl sites for hydroxylation is 2. The van der Waals surface area contributed by atoms with Crippen LogP contribution in [-0.4, -0.2) is 4.92 Å². The van der Waals surface area contributed by atoms with Crippen LogP contribution in [0.2, 0.25) is 0 Å². The number of hydrogen-bond donors (Lipinski definition) is 0. The van der Waals surface area contributed by atoms with Gasteiger partial charge >= 0.3 is 0 Å². The summed E-state index contributed by atoms with van der Waals surface area (Å²) in [5.74, 6) is 0. The summed E-state index contributed by atoms with van der Waals surface area (Å²) >= 11 is 0. The molecule has 0 radical (unpaired) electrons. The molecule has 0 N–H and O–H groups in total. The van der Waals surface area contributed by atoms with Crippen molar-refractivity contribution in [3.05, 3.63) is 161 Å². The van der Waals surface area contributed by atoms with Gasteiger partial charge in [0, 0.05) is 29.2 Å². The van der Waals surface area contributed by atoms with Gasteiger partial charge in [-0.25, -0.2) is 0 Å². The van der Waals surface area contributed by atoms with Crippen LogP contribution in [0.3, 0.4) is 0 Å². The quantitative estimate of drug-likeness (QED) is 0.137. The highest BCUT2D eigenvalue weighted by Crippen LogP contribution is 2.35. The second-order valence-electron chi connectivity index (χ2n) is 8.69. The zero-order valence-corrected chi connectivity index (χ0v) is 22.2. The van der Waals surface area contributed by atoms with Crippen molar-refractivity contribution in [1.29, 1.82) is 0 Å². The maximum atomic E-state index is 10.2. The number of non-ortho nitro benzene ring substituents is 1. The average molecular weight is 503 g/mol. The summed E-state index contributed by atoms with van der Waals surface area (Å²) < 4.78 is 0. The number of para-hydroxylation sites is 1. The van der Waals surface area contributed by atoms with E-state index in [4.69, 9.17) is 0 Å². The highest BCUT2D eigenvalue weighted by Gasteiger charge is 2.13. The van der Waals surface area contributed by atoms with Crippen LogP contribution in [-0.2, 0) is 6.42 Å². The molecule has 4 nitrogen and oxygen atoms in total. The molecule has 4 heteroatoms. The van der Waals surface area contributed by atoms with Crippen molar-refractivity contribution in [3.63, 3.8) is 0 Å². The molecule has 0 fully saturated rings. The van der Waals surface area contributed by atoms with Gasteiger partial charge in [0.2, 0.25) is 0 Å². The molecule has 0 spiro atoms. The molecular formula is C34H34N2O2. The third-order valence-electron chi connectivity index (χ3n) is 5.94. The Kier molecular flexibility index (Phi) is 10.4. The van der Waals surface area contributed by atoms with Crippen LogP contribution >= 0.6 is 0 Å². The standard InChI is InChI=1S/C26H25N.C8H9NO2/c1-4-10-22(11-5-2)23-12-9-15-26(20-23)27(24-13-7-6-8-14-24)25-18-16-21(3)17-19-25;1-2-7-3-5-8(6-4-7)9(10)11/h4-20H,1H2,2-3H3;3-6H,2H2,1H3/b11-5-,22-10+;. The van der Waals surface area contributed by atoms with Crippen LogP contribution in [0, 0.1) is 17.0 Å². The van der Waals surface area contributed by atoms with E-state index in [1.807, 2.05) is 32.1 Å². The van der Waals surface area contributed by atoms with Gasteiger partial charge in [0.25, 0.3) is 5.69 Å². The summed E-state index contributed by atoms with van der Waals surface area (Å²) in [6, 6.07) is 34.3. The number of anilines is 3. The number of hydrogen-bond acceptors (Lipinski definition) is 3. The van der Waals surface area contributed by atoms with Gasteiger partial charge in [-0.05, 0) is 73.4 Å². The molecule has 0 atom stereocenters. The normalized spacial score (nSPS) is 11.0. The Morgan fingerprint density at radius 1 is 0.868 bits per heavy atom. The van der Waals surface area contributed by atoms with Crippen molar-refractivity contribution < 1.29 is 4.92 Å². The summed E-state index contributed by atoms with van der Waals surface area (Å²) in [5.41, 5.74) is 8.25. The minimum atomic E-state index is -0.389. The molecule has 0 unspecified atom stereocenters.